The summed E-state index contributed by atoms with van der Waals surface area (Å²) in [5, 5.41) is 0. The maximum absolute atomic E-state index is 12.4. The highest BCUT2D eigenvalue weighted by molar-refractivity contribution is 5.77. The van der Waals surface area contributed by atoms with E-state index in [1.54, 1.807) is 0 Å². The van der Waals surface area contributed by atoms with Gasteiger partial charge in [0.2, 0.25) is 5.91 Å². The molecule has 0 bridgehead atoms. The summed E-state index contributed by atoms with van der Waals surface area (Å²) in [6, 6.07) is 7.98. The van der Waals surface area contributed by atoms with Crippen LogP contribution in [0.4, 0.5) is 0 Å². The molecule has 0 spiro atoms. The first kappa shape index (κ1) is 15.2. The summed E-state index contributed by atoms with van der Waals surface area (Å²) in [5.41, 5.74) is 1.80. The van der Waals surface area contributed by atoms with Crippen molar-refractivity contribution < 1.29 is 4.79 Å². The molecule has 2 aliphatic rings. The van der Waals surface area contributed by atoms with Gasteiger partial charge < -0.3 is 9.88 Å². The smallest absolute Gasteiger partial charge is 0.326 e. The Hall–Kier alpha value is -2.30. The topological polar surface area (TPSA) is 58.1 Å². The molecule has 1 N–H and O–H groups in total. The second kappa shape index (κ2) is 6.30. The van der Waals surface area contributed by atoms with Gasteiger partial charge in [-0.15, -0.1) is 0 Å². The van der Waals surface area contributed by atoms with E-state index in [1.165, 1.54) is 0 Å². The third-order valence-corrected chi connectivity index (χ3v) is 5.36. The number of nitrogens with one attached hydrogen (secondary N) is 1. The molecule has 1 aromatic heterocycles. The van der Waals surface area contributed by atoms with Crippen LogP contribution in [-0.2, 0) is 4.79 Å². The van der Waals surface area contributed by atoms with E-state index in [0.29, 0.717) is 12.3 Å². The zero-order valence-electron chi connectivity index (χ0n) is 13.8. The normalized spacial score (nSPS) is 21.7. The lowest BCUT2D eigenvalue weighted by molar-refractivity contribution is -0.133. The molecule has 5 nitrogen and oxygen atoms in total. The van der Waals surface area contributed by atoms with Crippen LogP contribution >= 0.6 is 0 Å². The van der Waals surface area contributed by atoms with Crippen LogP contribution in [0.5, 0.6) is 0 Å². The van der Waals surface area contributed by atoms with E-state index < -0.39 is 0 Å². The van der Waals surface area contributed by atoms with Crippen molar-refractivity contribution in [2.75, 3.05) is 13.1 Å². The number of carbonyl (C=O) groups is 1. The molecule has 1 atom stereocenters. The maximum Gasteiger partial charge on any atom is 0.326 e. The minimum Gasteiger partial charge on any atom is -0.343 e. The summed E-state index contributed by atoms with van der Waals surface area (Å²) in [6.07, 6.45) is 8.87. The van der Waals surface area contributed by atoms with E-state index >= 15 is 0 Å². The Morgan fingerprint density at radius 1 is 1.17 bits per heavy atom. The molecule has 5 heteroatoms. The van der Waals surface area contributed by atoms with E-state index in [4.69, 9.17) is 0 Å². The molecule has 1 saturated heterocycles. The fourth-order valence-electron chi connectivity index (χ4n) is 4.03. The van der Waals surface area contributed by atoms with Gasteiger partial charge in [-0.3, -0.25) is 9.36 Å². The van der Waals surface area contributed by atoms with Crippen LogP contribution < -0.4 is 5.69 Å². The SMILES string of the molecule is O=C(C[C@@H]1C=CCC1)N1CCC(n2c(=O)[nH]c3ccccc32)CC1. The summed E-state index contributed by atoms with van der Waals surface area (Å²) >= 11 is 0. The Bertz CT molecular complexity index is 824. The van der Waals surface area contributed by atoms with Gasteiger partial charge in [-0.1, -0.05) is 24.3 Å². The van der Waals surface area contributed by atoms with Crippen LogP contribution in [0.1, 0.15) is 38.1 Å². The lowest BCUT2D eigenvalue weighted by Gasteiger charge is -2.33. The molecule has 1 fully saturated rings. The predicted octanol–water partition coefficient (Wildman–Crippen LogP) is 2.85. The number of hydrogen-bond donors (Lipinski definition) is 1. The van der Waals surface area contributed by atoms with Crippen molar-refractivity contribution in [1.82, 2.24) is 14.5 Å². The standard InChI is InChI=1S/C19H23N3O2/c23-18(13-14-5-1-2-6-14)21-11-9-15(10-12-21)22-17-8-4-3-7-16(17)20-19(22)24/h1,3-5,7-8,14-15H,2,6,9-13H2,(H,20,24)/t14-/m1/s1. The van der Waals surface area contributed by atoms with Crippen LogP contribution in [0.15, 0.2) is 41.2 Å². The number of aromatic nitrogens is 2. The molecule has 1 aromatic carbocycles. The molecule has 4 rings (SSSR count). The molecular weight excluding hydrogens is 302 g/mol. The van der Waals surface area contributed by atoms with E-state index in [1.807, 2.05) is 33.7 Å². The molecule has 0 unspecified atom stereocenters. The molecule has 1 aliphatic heterocycles. The van der Waals surface area contributed by atoms with Gasteiger partial charge in [-0.05, 0) is 43.7 Å². The van der Waals surface area contributed by atoms with Crippen molar-refractivity contribution in [3.05, 3.63) is 46.9 Å². The van der Waals surface area contributed by atoms with Crippen LogP contribution in [0.3, 0.4) is 0 Å². The zero-order valence-corrected chi connectivity index (χ0v) is 13.8. The molecule has 126 valence electrons. The van der Waals surface area contributed by atoms with Crippen molar-refractivity contribution in [2.45, 2.75) is 38.1 Å². The second-order valence-electron chi connectivity index (χ2n) is 6.90. The summed E-state index contributed by atoms with van der Waals surface area (Å²) in [6.45, 7) is 1.48. The van der Waals surface area contributed by atoms with Gasteiger partial charge in [0, 0.05) is 25.6 Å². The summed E-state index contributed by atoms with van der Waals surface area (Å²) < 4.78 is 1.87. The number of carbonyl (C=O) groups excluding carboxylic acids is 1. The second-order valence-corrected chi connectivity index (χ2v) is 6.90. The Labute approximate surface area is 141 Å². The van der Waals surface area contributed by atoms with Crippen LogP contribution in [0.2, 0.25) is 0 Å². The fourth-order valence-corrected chi connectivity index (χ4v) is 4.03. The van der Waals surface area contributed by atoms with Gasteiger partial charge in [-0.25, -0.2) is 4.79 Å². The first-order valence-corrected chi connectivity index (χ1v) is 8.86. The Kier molecular flexibility index (Phi) is 4.00. The van der Waals surface area contributed by atoms with E-state index in [-0.39, 0.29) is 17.6 Å². The van der Waals surface area contributed by atoms with Gasteiger partial charge in [0.1, 0.15) is 0 Å². The highest BCUT2D eigenvalue weighted by Crippen LogP contribution is 2.27. The number of para-hydroxylation sites is 2. The van der Waals surface area contributed by atoms with Crippen molar-refractivity contribution in [2.24, 2.45) is 5.92 Å². The van der Waals surface area contributed by atoms with E-state index in [2.05, 4.69) is 17.1 Å². The number of rotatable bonds is 3. The van der Waals surface area contributed by atoms with Crippen molar-refractivity contribution in [3.63, 3.8) is 0 Å². The Balaban J connectivity index is 1.44. The first-order valence-electron chi connectivity index (χ1n) is 8.86. The van der Waals surface area contributed by atoms with Gasteiger partial charge in [-0.2, -0.15) is 0 Å². The summed E-state index contributed by atoms with van der Waals surface area (Å²) in [7, 11) is 0. The van der Waals surface area contributed by atoms with Gasteiger partial charge >= 0.3 is 5.69 Å². The fraction of sp³-hybridized carbons (Fsp3) is 0.474. The molecule has 1 amide bonds. The molecule has 2 aromatic rings. The molecular formula is C19H23N3O2. The highest BCUT2D eigenvalue weighted by atomic mass is 16.2. The first-order chi connectivity index (χ1) is 11.7. The average molecular weight is 325 g/mol. The number of piperidine rings is 1. The average Bonchev–Trinajstić information content (AvgIpc) is 3.21. The minimum absolute atomic E-state index is 0.0444. The Morgan fingerprint density at radius 3 is 2.71 bits per heavy atom. The number of imidazole rings is 1. The van der Waals surface area contributed by atoms with Gasteiger partial charge in [0.15, 0.2) is 0 Å². The third-order valence-electron chi connectivity index (χ3n) is 5.36. The largest absolute Gasteiger partial charge is 0.343 e. The molecule has 24 heavy (non-hydrogen) atoms. The quantitative estimate of drug-likeness (QED) is 0.882. The zero-order chi connectivity index (χ0) is 16.5. The number of hydrogen-bond acceptors (Lipinski definition) is 2. The van der Waals surface area contributed by atoms with Crippen molar-refractivity contribution in [3.8, 4) is 0 Å². The highest BCUT2D eigenvalue weighted by Gasteiger charge is 2.27. The summed E-state index contributed by atoms with van der Waals surface area (Å²) in [5.74, 6) is 0.683. The lowest BCUT2D eigenvalue weighted by Crippen LogP contribution is -2.40. The molecule has 0 radical (unpaired) electrons. The van der Waals surface area contributed by atoms with E-state index in [9.17, 15) is 9.59 Å². The van der Waals surface area contributed by atoms with Crippen molar-refractivity contribution in [1.29, 1.82) is 0 Å². The van der Waals surface area contributed by atoms with Crippen LogP contribution in [-0.4, -0.2) is 33.4 Å². The number of likely N-dealkylation sites (tertiary alicyclic amines) is 1. The molecule has 2 heterocycles. The molecule has 1 aliphatic carbocycles. The van der Waals surface area contributed by atoms with Crippen molar-refractivity contribution >= 4 is 16.9 Å². The number of fused-ring (bicyclic) bond motifs is 1. The van der Waals surface area contributed by atoms with E-state index in [0.717, 1.165) is 49.8 Å². The van der Waals surface area contributed by atoms with Crippen LogP contribution in [0.25, 0.3) is 11.0 Å². The lowest BCUT2D eigenvalue weighted by atomic mass is 10.0. The predicted molar refractivity (Wildman–Crippen MR) is 93.9 cm³/mol. The minimum atomic E-state index is -0.0444. The molecule has 0 saturated carbocycles. The van der Waals surface area contributed by atoms with Gasteiger partial charge in [0.05, 0.1) is 11.0 Å². The van der Waals surface area contributed by atoms with Crippen LogP contribution in [0, 0.1) is 5.92 Å². The Morgan fingerprint density at radius 2 is 1.96 bits per heavy atom. The number of nitrogens with zero attached hydrogens (tertiary/aromatic N) is 2. The monoisotopic (exact) mass is 325 g/mol. The number of amides is 1. The summed E-state index contributed by atoms with van der Waals surface area (Å²) in [4.78, 5) is 29.6. The third kappa shape index (κ3) is 2.79. The number of allylic oxidation sites excluding steroid dienone is 2. The number of benzene rings is 1. The maximum atomic E-state index is 12.4. The van der Waals surface area contributed by atoms with Gasteiger partial charge in [0.25, 0.3) is 0 Å². The number of aromatic amines is 1. The number of H-pyrrole nitrogens is 1.